The molecule has 1 aromatic rings. The minimum Gasteiger partial charge on any atom is -0.309 e. The zero-order valence-electron chi connectivity index (χ0n) is 10.0. The van der Waals surface area contributed by atoms with Gasteiger partial charge in [0.1, 0.15) is 10.3 Å². The van der Waals surface area contributed by atoms with Gasteiger partial charge in [0.05, 0.1) is 5.69 Å². The van der Waals surface area contributed by atoms with Crippen LogP contribution in [0, 0.1) is 5.92 Å². The van der Waals surface area contributed by atoms with Crippen LogP contribution >= 0.6 is 15.9 Å². The van der Waals surface area contributed by atoms with Gasteiger partial charge in [-0.3, -0.25) is 4.79 Å². The molecule has 4 heteroatoms. The maximum absolute atomic E-state index is 11.9. The van der Waals surface area contributed by atoms with Crippen molar-refractivity contribution in [3.8, 4) is 0 Å². The molecule has 2 atom stereocenters. The van der Waals surface area contributed by atoms with E-state index in [1.807, 2.05) is 0 Å². The Morgan fingerprint density at radius 2 is 1.94 bits per heavy atom. The number of rotatable bonds is 2. The Morgan fingerprint density at radius 1 is 1.24 bits per heavy atom. The van der Waals surface area contributed by atoms with Crippen molar-refractivity contribution in [2.75, 3.05) is 0 Å². The van der Waals surface area contributed by atoms with Gasteiger partial charge in [0.2, 0.25) is 0 Å². The van der Waals surface area contributed by atoms with Crippen molar-refractivity contribution in [2.45, 2.75) is 50.9 Å². The first-order chi connectivity index (χ1) is 8.15. The average molecular weight is 297 g/mol. The highest BCUT2D eigenvalue weighted by Gasteiger charge is 2.31. The van der Waals surface area contributed by atoms with E-state index < -0.39 is 0 Å². The number of halogens is 1. The van der Waals surface area contributed by atoms with Crippen molar-refractivity contribution in [3.63, 3.8) is 0 Å². The summed E-state index contributed by atoms with van der Waals surface area (Å²) in [5.74, 6) is 2.66. The lowest BCUT2D eigenvalue weighted by atomic mass is 10.1. The maximum atomic E-state index is 11.9. The molecule has 0 radical (unpaired) electrons. The summed E-state index contributed by atoms with van der Waals surface area (Å²) in [4.78, 5) is 19.5. The summed E-state index contributed by atoms with van der Waals surface area (Å²) in [7, 11) is 0. The van der Waals surface area contributed by atoms with E-state index in [2.05, 4.69) is 27.8 Å². The summed E-state index contributed by atoms with van der Waals surface area (Å²) in [5.41, 5.74) is 0.986. The van der Waals surface area contributed by atoms with Gasteiger partial charge >= 0.3 is 0 Å². The third-order valence-corrected chi connectivity index (χ3v) is 4.72. The molecule has 0 amide bonds. The minimum absolute atomic E-state index is 0.00328. The molecule has 0 bridgehead atoms. The van der Waals surface area contributed by atoms with Crippen molar-refractivity contribution >= 4 is 15.9 Å². The fourth-order valence-corrected chi connectivity index (χ4v) is 3.28. The largest absolute Gasteiger partial charge is 0.309 e. The molecule has 2 aliphatic carbocycles. The lowest BCUT2D eigenvalue weighted by Gasteiger charge is -2.11. The SMILES string of the molecule is CC1CCC(c2nc(C3CC3)c(Br)c(=O)[nH]2)C1. The Kier molecular flexibility index (Phi) is 2.85. The second-order valence-corrected chi connectivity index (χ2v) is 6.33. The molecule has 0 saturated heterocycles. The summed E-state index contributed by atoms with van der Waals surface area (Å²) in [6.45, 7) is 2.28. The molecule has 3 rings (SSSR count). The van der Waals surface area contributed by atoms with E-state index in [9.17, 15) is 4.79 Å². The van der Waals surface area contributed by atoms with E-state index in [4.69, 9.17) is 4.98 Å². The number of aromatic amines is 1. The van der Waals surface area contributed by atoms with E-state index in [1.54, 1.807) is 0 Å². The maximum Gasteiger partial charge on any atom is 0.265 e. The van der Waals surface area contributed by atoms with Crippen molar-refractivity contribution in [2.24, 2.45) is 5.92 Å². The quantitative estimate of drug-likeness (QED) is 0.910. The number of aromatic nitrogens is 2. The van der Waals surface area contributed by atoms with Crippen LogP contribution in [0.1, 0.15) is 62.4 Å². The lowest BCUT2D eigenvalue weighted by Crippen LogP contribution is -2.17. The van der Waals surface area contributed by atoms with E-state index in [0.717, 1.165) is 30.3 Å². The molecule has 2 fully saturated rings. The molecule has 2 unspecified atom stereocenters. The Labute approximate surface area is 109 Å². The van der Waals surface area contributed by atoms with Crippen LogP contribution < -0.4 is 5.56 Å². The smallest absolute Gasteiger partial charge is 0.265 e. The van der Waals surface area contributed by atoms with Crippen LogP contribution in [-0.2, 0) is 0 Å². The Hall–Kier alpha value is -0.640. The van der Waals surface area contributed by atoms with E-state index >= 15 is 0 Å². The summed E-state index contributed by atoms with van der Waals surface area (Å²) < 4.78 is 0.648. The Balaban J connectivity index is 1.97. The Morgan fingerprint density at radius 3 is 2.53 bits per heavy atom. The Bertz CT molecular complexity index is 493. The first kappa shape index (κ1) is 11.5. The number of nitrogens with zero attached hydrogens (tertiary/aromatic N) is 1. The van der Waals surface area contributed by atoms with E-state index in [1.165, 1.54) is 19.3 Å². The molecule has 3 nitrogen and oxygen atoms in total. The van der Waals surface area contributed by atoms with Crippen LogP contribution in [0.5, 0.6) is 0 Å². The van der Waals surface area contributed by atoms with Gasteiger partial charge in [-0.05, 0) is 54.0 Å². The van der Waals surface area contributed by atoms with Gasteiger partial charge in [-0.25, -0.2) is 4.98 Å². The fraction of sp³-hybridized carbons (Fsp3) is 0.692. The summed E-state index contributed by atoms with van der Waals surface area (Å²) in [6, 6.07) is 0. The van der Waals surface area contributed by atoms with Crippen LogP contribution in [0.2, 0.25) is 0 Å². The predicted molar refractivity (Wildman–Crippen MR) is 70.3 cm³/mol. The van der Waals surface area contributed by atoms with Gasteiger partial charge in [-0.1, -0.05) is 6.92 Å². The third-order valence-electron chi connectivity index (χ3n) is 3.95. The van der Waals surface area contributed by atoms with Gasteiger partial charge in [-0.15, -0.1) is 0 Å². The highest BCUT2D eigenvalue weighted by molar-refractivity contribution is 9.10. The molecule has 2 saturated carbocycles. The zero-order valence-corrected chi connectivity index (χ0v) is 11.6. The van der Waals surface area contributed by atoms with Crippen molar-refractivity contribution < 1.29 is 0 Å². The molecule has 2 aliphatic rings. The van der Waals surface area contributed by atoms with Gasteiger partial charge in [0, 0.05) is 11.8 Å². The second kappa shape index (κ2) is 4.23. The standard InChI is InChI=1S/C13H17BrN2O/c1-7-2-3-9(6-7)12-15-11(8-4-5-8)10(14)13(17)16-12/h7-9H,2-6H2,1H3,(H,15,16,17). The normalized spacial score (nSPS) is 28.6. The number of hydrogen-bond donors (Lipinski definition) is 1. The third kappa shape index (κ3) is 2.19. The molecule has 0 spiro atoms. The molecule has 1 N–H and O–H groups in total. The van der Waals surface area contributed by atoms with Crippen LogP contribution in [0.4, 0.5) is 0 Å². The number of H-pyrrole nitrogens is 1. The second-order valence-electron chi connectivity index (χ2n) is 5.54. The summed E-state index contributed by atoms with van der Waals surface area (Å²) >= 11 is 3.37. The topological polar surface area (TPSA) is 45.8 Å². The number of nitrogens with one attached hydrogen (secondary N) is 1. The van der Waals surface area contributed by atoms with Gasteiger partial charge in [0.25, 0.3) is 5.56 Å². The predicted octanol–water partition coefficient (Wildman–Crippen LogP) is 3.31. The molecule has 17 heavy (non-hydrogen) atoms. The van der Waals surface area contributed by atoms with Crippen LogP contribution in [0.3, 0.4) is 0 Å². The molecule has 1 heterocycles. The molecule has 1 aromatic heterocycles. The van der Waals surface area contributed by atoms with Crippen molar-refractivity contribution in [3.05, 3.63) is 26.3 Å². The highest BCUT2D eigenvalue weighted by Crippen LogP contribution is 2.42. The minimum atomic E-state index is -0.00328. The van der Waals surface area contributed by atoms with E-state index in [-0.39, 0.29) is 5.56 Å². The fourth-order valence-electron chi connectivity index (χ4n) is 2.77. The van der Waals surface area contributed by atoms with Crippen molar-refractivity contribution in [1.29, 1.82) is 0 Å². The first-order valence-electron chi connectivity index (χ1n) is 6.44. The lowest BCUT2D eigenvalue weighted by molar-refractivity contribution is 0.582. The molecule has 0 aromatic carbocycles. The van der Waals surface area contributed by atoms with Gasteiger partial charge < -0.3 is 4.98 Å². The van der Waals surface area contributed by atoms with E-state index in [0.29, 0.717) is 16.3 Å². The van der Waals surface area contributed by atoms with Crippen molar-refractivity contribution in [1.82, 2.24) is 9.97 Å². The molecule has 0 aliphatic heterocycles. The summed E-state index contributed by atoms with van der Waals surface area (Å²) in [6.07, 6.45) is 5.93. The molecular weight excluding hydrogens is 280 g/mol. The first-order valence-corrected chi connectivity index (χ1v) is 7.24. The zero-order chi connectivity index (χ0) is 12.0. The number of hydrogen-bond acceptors (Lipinski definition) is 2. The van der Waals surface area contributed by atoms with Gasteiger partial charge in [0.15, 0.2) is 0 Å². The van der Waals surface area contributed by atoms with Crippen LogP contribution in [0.15, 0.2) is 9.27 Å². The summed E-state index contributed by atoms with van der Waals surface area (Å²) in [5, 5.41) is 0. The molecule has 92 valence electrons. The van der Waals surface area contributed by atoms with Crippen LogP contribution in [0.25, 0.3) is 0 Å². The monoisotopic (exact) mass is 296 g/mol. The van der Waals surface area contributed by atoms with Gasteiger partial charge in [-0.2, -0.15) is 0 Å². The highest BCUT2D eigenvalue weighted by atomic mass is 79.9. The van der Waals surface area contributed by atoms with Crippen LogP contribution in [-0.4, -0.2) is 9.97 Å². The average Bonchev–Trinajstić information content (AvgIpc) is 3.05. The molecular formula is C13H17BrN2O.